The first-order valence-corrected chi connectivity index (χ1v) is 11.2. The van der Waals surface area contributed by atoms with E-state index in [0.29, 0.717) is 29.4 Å². The minimum Gasteiger partial charge on any atom is -0.490 e. The molecule has 178 valence electrons. The summed E-state index contributed by atoms with van der Waals surface area (Å²) in [6.07, 6.45) is 1.53. The number of aryl methyl sites for hydroxylation is 1. The van der Waals surface area contributed by atoms with Crippen LogP contribution in [-0.2, 0) is 19.1 Å². The van der Waals surface area contributed by atoms with Gasteiger partial charge in [-0.3, -0.25) is 24.1 Å². The van der Waals surface area contributed by atoms with Crippen LogP contribution in [0, 0.1) is 6.92 Å². The molecule has 1 fully saturated rings. The van der Waals surface area contributed by atoms with Crippen molar-refractivity contribution in [3.05, 3.63) is 58.5 Å². The Bertz CT molecular complexity index is 1150. The number of hydrogen-bond acceptors (Lipinski definition) is 8. The van der Waals surface area contributed by atoms with Crippen LogP contribution >= 0.6 is 11.8 Å². The number of nitrogens with one attached hydrogen (secondary N) is 1. The van der Waals surface area contributed by atoms with Gasteiger partial charge in [-0.15, -0.1) is 0 Å². The Labute approximate surface area is 201 Å². The lowest BCUT2D eigenvalue weighted by Crippen LogP contribution is -2.34. The molecule has 3 rings (SSSR count). The van der Waals surface area contributed by atoms with Gasteiger partial charge in [0.2, 0.25) is 0 Å². The summed E-state index contributed by atoms with van der Waals surface area (Å²) < 4.78 is 15.8. The Morgan fingerprint density at radius 3 is 2.59 bits per heavy atom. The third-order valence-corrected chi connectivity index (χ3v) is 5.52. The Morgan fingerprint density at radius 1 is 1.09 bits per heavy atom. The first-order valence-electron chi connectivity index (χ1n) is 10.4. The van der Waals surface area contributed by atoms with E-state index in [2.05, 4.69) is 10.1 Å². The van der Waals surface area contributed by atoms with Crippen molar-refractivity contribution >= 4 is 46.5 Å². The lowest BCUT2D eigenvalue weighted by Gasteiger charge is -2.13. The predicted molar refractivity (Wildman–Crippen MR) is 128 cm³/mol. The highest BCUT2D eigenvalue weighted by Crippen LogP contribution is 2.34. The molecule has 0 aliphatic carbocycles. The fourth-order valence-electron chi connectivity index (χ4n) is 3.05. The number of thioether (sulfide) groups is 1. The van der Waals surface area contributed by atoms with E-state index in [-0.39, 0.29) is 17.4 Å². The number of anilines is 1. The minimum atomic E-state index is -0.685. The fraction of sp³-hybridized carbons (Fsp3) is 0.250. The van der Waals surface area contributed by atoms with Crippen LogP contribution in [0.4, 0.5) is 10.5 Å². The van der Waals surface area contributed by atoms with Crippen molar-refractivity contribution in [2.45, 2.75) is 13.8 Å². The van der Waals surface area contributed by atoms with Crippen molar-refractivity contribution < 1.29 is 33.4 Å². The smallest absolute Gasteiger partial charge is 0.325 e. The molecule has 2 aromatic rings. The number of nitrogens with zero attached hydrogens (tertiary/aromatic N) is 1. The Morgan fingerprint density at radius 2 is 1.88 bits per heavy atom. The molecular weight excluding hydrogens is 460 g/mol. The Kier molecular flexibility index (Phi) is 8.31. The second-order valence-corrected chi connectivity index (χ2v) is 8.18. The summed E-state index contributed by atoms with van der Waals surface area (Å²) in [4.78, 5) is 49.3. The second-order valence-electron chi connectivity index (χ2n) is 7.19. The van der Waals surface area contributed by atoms with Crippen LogP contribution in [0.25, 0.3) is 6.08 Å². The van der Waals surface area contributed by atoms with E-state index in [9.17, 15) is 19.2 Å². The predicted octanol–water partition coefficient (Wildman–Crippen LogP) is 3.62. The molecule has 1 aliphatic rings. The van der Waals surface area contributed by atoms with E-state index in [1.807, 2.05) is 25.1 Å². The van der Waals surface area contributed by atoms with E-state index in [1.165, 1.54) is 13.2 Å². The third-order valence-electron chi connectivity index (χ3n) is 4.61. The normalized spacial score (nSPS) is 14.3. The summed E-state index contributed by atoms with van der Waals surface area (Å²) in [5.41, 5.74) is 2.29. The number of esters is 1. The molecule has 0 saturated carbocycles. The van der Waals surface area contributed by atoms with E-state index in [4.69, 9.17) is 9.47 Å². The molecule has 0 spiro atoms. The van der Waals surface area contributed by atoms with Gasteiger partial charge >= 0.3 is 5.97 Å². The summed E-state index contributed by atoms with van der Waals surface area (Å²) >= 11 is 0.734. The van der Waals surface area contributed by atoms with Gasteiger partial charge in [0.1, 0.15) is 6.54 Å². The molecular formula is C24H24N2O7S. The van der Waals surface area contributed by atoms with Crippen molar-refractivity contribution in [1.29, 1.82) is 0 Å². The molecule has 0 radical (unpaired) electrons. The van der Waals surface area contributed by atoms with E-state index in [0.717, 1.165) is 22.2 Å². The zero-order chi connectivity index (χ0) is 24.7. The number of amides is 3. The van der Waals surface area contributed by atoms with Gasteiger partial charge in [-0.1, -0.05) is 18.2 Å². The minimum absolute atomic E-state index is 0.169. The average molecular weight is 485 g/mol. The highest BCUT2D eigenvalue weighted by molar-refractivity contribution is 8.18. The number of carbonyl (C=O) groups excluding carboxylic acids is 4. The molecule has 0 bridgehead atoms. The highest BCUT2D eigenvalue weighted by atomic mass is 32.2. The Hall–Kier alpha value is -3.79. The molecule has 34 heavy (non-hydrogen) atoms. The van der Waals surface area contributed by atoms with Crippen molar-refractivity contribution in [1.82, 2.24) is 4.90 Å². The summed E-state index contributed by atoms with van der Waals surface area (Å²) in [6, 6.07) is 12.4. The topological polar surface area (TPSA) is 111 Å². The van der Waals surface area contributed by atoms with E-state index in [1.54, 1.807) is 31.2 Å². The van der Waals surface area contributed by atoms with Crippen LogP contribution in [0.2, 0.25) is 0 Å². The van der Waals surface area contributed by atoms with Crippen molar-refractivity contribution in [2.24, 2.45) is 0 Å². The highest BCUT2D eigenvalue weighted by Gasteiger charge is 2.36. The zero-order valence-electron chi connectivity index (χ0n) is 19.0. The molecule has 0 aromatic heterocycles. The lowest BCUT2D eigenvalue weighted by atomic mass is 10.2. The van der Waals surface area contributed by atoms with Gasteiger partial charge in [0.25, 0.3) is 17.1 Å². The molecule has 2 aromatic carbocycles. The van der Waals surface area contributed by atoms with Crippen LogP contribution in [0.5, 0.6) is 11.5 Å². The number of carbonyl (C=O) groups is 4. The molecule has 0 unspecified atom stereocenters. The number of rotatable bonds is 9. The van der Waals surface area contributed by atoms with Crippen molar-refractivity contribution in [2.75, 3.05) is 32.2 Å². The van der Waals surface area contributed by atoms with Crippen LogP contribution in [-0.4, -0.2) is 54.8 Å². The summed E-state index contributed by atoms with van der Waals surface area (Å²) in [5, 5.41) is 2.22. The molecule has 1 N–H and O–H groups in total. The zero-order valence-corrected chi connectivity index (χ0v) is 19.8. The molecule has 10 heteroatoms. The first kappa shape index (κ1) is 24.8. The number of hydrogen-bond donors (Lipinski definition) is 1. The molecule has 0 atom stereocenters. The van der Waals surface area contributed by atoms with Gasteiger partial charge in [0.15, 0.2) is 18.1 Å². The quantitative estimate of drug-likeness (QED) is 0.424. The molecule has 1 aliphatic heterocycles. The van der Waals surface area contributed by atoms with Crippen LogP contribution in [0.15, 0.2) is 47.4 Å². The van der Waals surface area contributed by atoms with Crippen LogP contribution < -0.4 is 14.8 Å². The third kappa shape index (κ3) is 6.38. The van der Waals surface area contributed by atoms with Crippen LogP contribution in [0.1, 0.15) is 18.1 Å². The number of imide groups is 1. The maximum Gasteiger partial charge on any atom is 0.325 e. The molecule has 1 heterocycles. The van der Waals surface area contributed by atoms with Gasteiger partial charge < -0.3 is 19.5 Å². The fourth-order valence-corrected chi connectivity index (χ4v) is 3.88. The monoisotopic (exact) mass is 484 g/mol. The lowest BCUT2D eigenvalue weighted by molar-refractivity contribution is -0.143. The number of ether oxygens (including phenoxy) is 3. The molecule has 3 amide bonds. The summed E-state index contributed by atoms with van der Waals surface area (Å²) in [6.45, 7) is 3.42. The number of benzene rings is 2. The summed E-state index contributed by atoms with van der Waals surface area (Å²) in [5.74, 6) is -0.844. The van der Waals surface area contributed by atoms with E-state index < -0.39 is 23.7 Å². The van der Waals surface area contributed by atoms with E-state index >= 15 is 0 Å². The average Bonchev–Trinajstić information content (AvgIpc) is 3.06. The van der Waals surface area contributed by atoms with Gasteiger partial charge in [-0.2, -0.15) is 0 Å². The standard InChI is InChI=1S/C24H24N2O7S/c1-4-32-19-11-16(12-20-23(29)26(24(30)34-20)13-22(28)31-3)8-9-18(19)33-14-21(27)25-17-7-5-6-15(2)10-17/h5-12H,4,13-14H2,1-3H3,(H,25,27)/b20-12-. The number of methoxy groups -OCH3 is 1. The SMILES string of the molecule is CCOc1cc(/C=C2\SC(=O)N(CC(=O)OC)C2=O)ccc1OCC(=O)Nc1cccc(C)c1. The Balaban J connectivity index is 1.70. The summed E-state index contributed by atoms with van der Waals surface area (Å²) in [7, 11) is 1.18. The van der Waals surface area contributed by atoms with Gasteiger partial charge in [0.05, 0.1) is 18.6 Å². The second kappa shape index (κ2) is 11.4. The first-order chi connectivity index (χ1) is 16.3. The van der Waals surface area contributed by atoms with Crippen molar-refractivity contribution in [3.8, 4) is 11.5 Å². The largest absolute Gasteiger partial charge is 0.490 e. The van der Waals surface area contributed by atoms with Crippen molar-refractivity contribution in [3.63, 3.8) is 0 Å². The molecule has 1 saturated heterocycles. The van der Waals surface area contributed by atoms with Gasteiger partial charge in [-0.25, -0.2) is 0 Å². The van der Waals surface area contributed by atoms with Crippen LogP contribution in [0.3, 0.4) is 0 Å². The maximum atomic E-state index is 12.5. The van der Waals surface area contributed by atoms with Gasteiger partial charge in [-0.05, 0) is 67.1 Å². The maximum absolute atomic E-state index is 12.5. The van der Waals surface area contributed by atoms with Gasteiger partial charge in [0, 0.05) is 5.69 Å². The molecule has 9 nitrogen and oxygen atoms in total.